The van der Waals surface area contributed by atoms with Crippen LogP contribution in [-0.4, -0.2) is 24.6 Å². The molecule has 1 N–H and O–H groups in total. The molecule has 1 saturated heterocycles. The number of hydrogen-bond donors (Lipinski definition) is 1. The Morgan fingerprint density at radius 2 is 1.68 bits per heavy atom. The largest absolute Gasteiger partial charge is 0.487 e. The number of carbonyl (C=O) groups excluding carboxylic acids is 3. The molecule has 0 spiro atoms. The smallest absolute Gasteiger partial charge is 0.335 e. The third-order valence-electron chi connectivity index (χ3n) is 5.41. The van der Waals surface area contributed by atoms with Gasteiger partial charge in [0.15, 0.2) is 11.5 Å². The topological polar surface area (TPSA) is 94.2 Å². The Balaban J connectivity index is 1.40. The van der Waals surface area contributed by atoms with E-state index in [9.17, 15) is 14.4 Å². The second kappa shape index (κ2) is 10.4. The molecule has 3 aromatic rings. The number of fused-ring (bicyclic) bond motifs is 1. The number of benzene rings is 3. The van der Waals surface area contributed by atoms with Gasteiger partial charge in [0.1, 0.15) is 17.9 Å². The number of carbonyl (C=O) groups is 3. The summed E-state index contributed by atoms with van der Waals surface area (Å²) < 4.78 is 17.7. The van der Waals surface area contributed by atoms with Crippen LogP contribution >= 0.6 is 55.1 Å². The highest BCUT2D eigenvalue weighted by Crippen LogP contribution is 2.38. The van der Waals surface area contributed by atoms with Crippen molar-refractivity contribution in [3.63, 3.8) is 0 Å². The Morgan fingerprint density at radius 1 is 0.946 bits per heavy atom. The van der Waals surface area contributed by atoms with Crippen molar-refractivity contribution in [1.29, 1.82) is 0 Å². The molecule has 0 atom stereocenters. The second-order valence-electron chi connectivity index (χ2n) is 7.85. The van der Waals surface area contributed by atoms with Gasteiger partial charge >= 0.3 is 6.03 Å². The standard InChI is InChI=1S/C25H14Br2Cl2N2O6/c26-16-6-13(7-17(27)22(16)35-10-12-1-3-18(28)19(29)8-12)5-15-23(32)30-25(34)31(24(15)33)14-2-4-20-21(9-14)37-11-36-20/h1-9H,10-11H2,(H,30,32,34)/b15-5+. The van der Waals surface area contributed by atoms with Crippen LogP contribution in [0.1, 0.15) is 11.1 Å². The number of urea groups is 1. The highest BCUT2D eigenvalue weighted by molar-refractivity contribution is 9.11. The third-order valence-corrected chi connectivity index (χ3v) is 7.33. The summed E-state index contributed by atoms with van der Waals surface area (Å²) in [6.45, 7) is 0.265. The fourth-order valence-corrected chi connectivity index (χ4v) is 5.44. The fraction of sp³-hybridized carbons (Fsp3) is 0.0800. The van der Waals surface area contributed by atoms with Gasteiger partial charge in [0.05, 0.1) is 24.7 Å². The van der Waals surface area contributed by atoms with Crippen LogP contribution in [0, 0.1) is 0 Å². The van der Waals surface area contributed by atoms with Crippen LogP contribution in [0.5, 0.6) is 17.2 Å². The first-order chi connectivity index (χ1) is 17.7. The molecule has 188 valence electrons. The van der Waals surface area contributed by atoms with Crippen molar-refractivity contribution in [2.45, 2.75) is 6.61 Å². The zero-order valence-electron chi connectivity index (χ0n) is 18.5. The van der Waals surface area contributed by atoms with Crippen LogP contribution in [-0.2, 0) is 16.2 Å². The van der Waals surface area contributed by atoms with Gasteiger partial charge in [0.25, 0.3) is 11.8 Å². The van der Waals surface area contributed by atoms with Gasteiger partial charge in [0.2, 0.25) is 6.79 Å². The fourth-order valence-electron chi connectivity index (χ4n) is 3.67. The lowest BCUT2D eigenvalue weighted by molar-refractivity contribution is -0.122. The maximum atomic E-state index is 13.2. The van der Waals surface area contributed by atoms with E-state index in [0.717, 1.165) is 10.5 Å². The van der Waals surface area contributed by atoms with Crippen molar-refractivity contribution in [2.24, 2.45) is 0 Å². The lowest BCUT2D eigenvalue weighted by Gasteiger charge is -2.26. The van der Waals surface area contributed by atoms with Crippen LogP contribution in [0.15, 0.2) is 63.0 Å². The Morgan fingerprint density at radius 3 is 2.41 bits per heavy atom. The van der Waals surface area contributed by atoms with E-state index in [1.807, 2.05) is 0 Å². The van der Waals surface area contributed by atoms with Gasteiger partial charge in [-0.05, 0) is 85.5 Å². The summed E-state index contributed by atoms with van der Waals surface area (Å²) in [7, 11) is 0. The zero-order chi connectivity index (χ0) is 26.3. The molecule has 5 rings (SSSR count). The third kappa shape index (κ3) is 5.19. The van der Waals surface area contributed by atoms with Crippen molar-refractivity contribution in [3.8, 4) is 17.2 Å². The molecule has 3 aromatic carbocycles. The number of nitrogens with zero attached hydrogens (tertiary/aromatic N) is 1. The van der Waals surface area contributed by atoms with Gasteiger partial charge in [-0.25, -0.2) is 9.69 Å². The molecule has 0 unspecified atom stereocenters. The van der Waals surface area contributed by atoms with Gasteiger partial charge < -0.3 is 14.2 Å². The van der Waals surface area contributed by atoms with Crippen molar-refractivity contribution >= 4 is 84.7 Å². The minimum absolute atomic E-state index is 0.0411. The summed E-state index contributed by atoms with van der Waals surface area (Å²) in [4.78, 5) is 39.2. The number of imide groups is 2. The minimum Gasteiger partial charge on any atom is -0.487 e. The van der Waals surface area contributed by atoms with E-state index in [2.05, 4.69) is 37.2 Å². The SMILES string of the molecule is O=C1NC(=O)N(c2ccc3c(c2)OCO3)C(=O)/C1=C/c1cc(Br)c(OCc2ccc(Cl)c(Cl)c2)c(Br)c1. The Kier molecular flexibility index (Phi) is 7.17. The normalized spacial score (nSPS) is 15.8. The Bertz CT molecular complexity index is 1490. The monoisotopic (exact) mass is 666 g/mol. The molecule has 0 aliphatic carbocycles. The molecule has 0 bridgehead atoms. The van der Waals surface area contributed by atoms with E-state index in [0.29, 0.717) is 41.8 Å². The summed E-state index contributed by atoms with van der Waals surface area (Å²) in [6, 6.07) is 12.3. The predicted molar refractivity (Wildman–Crippen MR) is 144 cm³/mol. The molecular weight excluding hydrogens is 655 g/mol. The van der Waals surface area contributed by atoms with E-state index in [1.54, 1.807) is 36.4 Å². The summed E-state index contributed by atoms with van der Waals surface area (Å²) in [5, 5.41) is 3.07. The second-order valence-corrected chi connectivity index (χ2v) is 10.4. The molecule has 8 nitrogen and oxygen atoms in total. The minimum atomic E-state index is -0.862. The molecule has 4 amide bonds. The van der Waals surface area contributed by atoms with Gasteiger partial charge in [-0.1, -0.05) is 29.3 Å². The van der Waals surface area contributed by atoms with E-state index in [-0.39, 0.29) is 24.7 Å². The molecule has 0 saturated carbocycles. The highest BCUT2D eigenvalue weighted by atomic mass is 79.9. The number of nitrogens with one attached hydrogen (secondary N) is 1. The summed E-state index contributed by atoms with van der Waals surface area (Å²) in [6.07, 6.45) is 1.39. The molecule has 1 fully saturated rings. The maximum absolute atomic E-state index is 13.2. The summed E-state index contributed by atoms with van der Waals surface area (Å²) in [5.74, 6) is -0.190. The average Bonchev–Trinajstić information content (AvgIpc) is 3.31. The van der Waals surface area contributed by atoms with Crippen LogP contribution in [0.25, 0.3) is 6.08 Å². The number of barbiturate groups is 1. The Labute approximate surface area is 237 Å². The van der Waals surface area contributed by atoms with Gasteiger partial charge in [-0.15, -0.1) is 0 Å². The molecule has 2 heterocycles. The number of halogens is 4. The first-order valence-electron chi connectivity index (χ1n) is 10.6. The van der Waals surface area contributed by atoms with Crippen LogP contribution in [0.4, 0.5) is 10.5 Å². The van der Waals surface area contributed by atoms with Crippen molar-refractivity contribution in [2.75, 3.05) is 11.7 Å². The van der Waals surface area contributed by atoms with Crippen molar-refractivity contribution in [3.05, 3.63) is 84.2 Å². The van der Waals surface area contributed by atoms with Crippen LogP contribution in [0.3, 0.4) is 0 Å². The highest BCUT2D eigenvalue weighted by Gasteiger charge is 2.37. The predicted octanol–water partition coefficient (Wildman–Crippen LogP) is 6.49. The van der Waals surface area contributed by atoms with E-state index in [1.165, 1.54) is 18.2 Å². The lowest BCUT2D eigenvalue weighted by atomic mass is 10.1. The van der Waals surface area contributed by atoms with Crippen molar-refractivity contribution in [1.82, 2.24) is 5.32 Å². The lowest BCUT2D eigenvalue weighted by Crippen LogP contribution is -2.54. The summed E-state index contributed by atoms with van der Waals surface area (Å²) in [5.41, 5.74) is 1.34. The average molecular weight is 669 g/mol. The first kappa shape index (κ1) is 25.6. The molecule has 2 aliphatic heterocycles. The van der Waals surface area contributed by atoms with E-state index in [4.69, 9.17) is 37.4 Å². The number of hydrogen-bond acceptors (Lipinski definition) is 6. The number of ether oxygens (including phenoxy) is 3. The number of rotatable bonds is 5. The van der Waals surface area contributed by atoms with Crippen LogP contribution in [0.2, 0.25) is 10.0 Å². The van der Waals surface area contributed by atoms with E-state index < -0.39 is 17.8 Å². The van der Waals surface area contributed by atoms with Crippen molar-refractivity contribution < 1.29 is 28.6 Å². The molecule has 2 aliphatic rings. The molecule has 0 aromatic heterocycles. The number of amides is 4. The zero-order valence-corrected chi connectivity index (χ0v) is 23.2. The van der Waals surface area contributed by atoms with Gasteiger partial charge in [-0.3, -0.25) is 14.9 Å². The molecule has 37 heavy (non-hydrogen) atoms. The number of anilines is 1. The van der Waals surface area contributed by atoms with E-state index >= 15 is 0 Å². The quantitative estimate of drug-likeness (QED) is 0.247. The maximum Gasteiger partial charge on any atom is 0.335 e. The molecule has 0 radical (unpaired) electrons. The van der Waals surface area contributed by atoms with Crippen LogP contribution < -0.4 is 24.4 Å². The molecular formula is C25H14Br2Cl2N2O6. The van der Waals surface area contributed by atoms with Gasteiger partial charge in [0, 0.05) is 6.07 Å². The first-order valence-corrected chi connectivity index (χ1v) is 12.9. The van der Waals surface area contributed by atoms with Gasteiger partial charge in [-0.2, -0.15) is 0 Å². The summed E-state index contributed by atoms with van der Waals surface area (Å²) >= 11 is 19.0. The molecule has 12 heteroatoms. The Hall–Kier alpha value is -3.05.